The Balaban J connectivity index is 0.00000121. The van der Waals surface area contributed by atoms with E-state index in [0.29, 0.717) is 0 Å². The maximum atomic E-state index is 12.2. The van der Waals surface area contributed by atoms with Gasteiger partial charge in [0.25, 0.3) is 10.1 Å². The molecule has 0 heterocycles. The van der Waals surface area contributed by atoms with E-state index < -0.39 is 15.9 Å². The maximum absolute atomic E-state index is 12.2. The van der Waals surface area contributed by atoms with Crippen molar-refractivity contribution in [1.82, 2.24) is 0 Å². The monoisotopic (exact) mass is 184 g/mol. The van der Waals surface area contributed by atoms with E-state index in [9.17, 15) is 12.8 Å². The van der Waals surface area contributed by atoms with Crippen molar-refractivity contribution in [1.29, 1.82) is 0 Å². The normalized spacial score (nSPS) is 10.5. The molecule has 1 aromatic carbocycles. The van der Waals surface area contributed by atoms with Crippen LogP contribution in [0.25, 0.3) is 0 Å². The standard InChI is InChI=1S/C6H5FO3S.Li.H/c7-5-1-3-6(4-2-5)11(8,9)10;;/h1-4H,(H,8,9,10);;. The van der Waals surface area contributed by atoms with E-state index in [1.165, 1.54) is 0 Å². The van der Waals surface area contributed by atoms with Gasteiger partial charge in [-0.3, -0.25) is 4.55 Å². The van der Waals surface area contributed by atoms with Gasteiger partial charge in [-0.15, -0.1) is 0 Å². The first-order valence-corrected chi connectivity index (χ1v) is 4.17. The van der Waals surface area contributed by atoms with Crippen LogP contribution < -0.4 is 0 Å². The summed E-state index contributed by atoms with van der Waals surface area (Å²) in [5, 5.41) is 0. The third-order valence-electron chi connectivity index (χ3n) is 1.11. The molecular weight excluding hydrogens is 178 g/mol. The van der Waals surface area contributed by atoms with E-state index in [1.807, 2.05) is 0 Å². The number of hydrogen-bond acceptors (Lipinski definition) is 2. The third kappa shape index (κ3) is 2.95. The summed E-state index contributed by atoms with van der Waals surface area (Å²) in [6, 6.07) is 3.90. The minimum absolute atomic E-state index is 0. The average Bonchev–Trinajstić information content (AvgIpc) is 1.86. The van der Waals surface area contributed by atoms with Crippen LogP contribution in [0.4, 0.5) is 4.39 Å². The molecule has 1 N–H and O–H groups in total. The summed E-state index contributed by atoms with van der Waals surface area (Å²) in [6.07, 6.45) is 0. The fraction of sp³-hybridized carbons (Fsp3) is 0. The van der Waals surface area contributed by atoms with Gasteiger partial charge < -0.3 is 0 Å². The molecule has 12 heavy (non-hydrogen) atoms. The third-order valence-corrected chi connectivity index (χ3v) is 1.98. The van der Waals surface area contributed by atoms with Crippen molar-refractivity contribution in [3.63, 3.8) is 0 Å². The molecule has 0 fully saturated rings. The van der Waals surface area contributed by atoms with Gasteiger partial charge in [0.15, 0.2) is 0 Å². The van der Waals surface area contributed by atoms with Crippen LogP contribution in [0.5, 0.6) is 0 Å². The molecule has 0 saturated heterocycles. The second-order valence-electron chi connectivity index (χ2n) is 1.93. The minimum atomic E-state index is -4.19. The van der Waals surface area contributed by atoms with Crippen LogP contribution >= 0.6 is 0 Å². The van der Waals surface area contributed by atoms with Gasteiger partial charge in [0.05, 0.1) is 4.90 Å². The van der Waals surface area contributed by atoms with Crippen molar-refractivity contribution in [3.05, 3.63) is 30.1 Å². The van der Waals surface area contributed by atoms with Gasteiger partial charge in [-0.2, -0.15) is 8.42 Å². The van der Waals surface area contributed by atoms with Gasteiger partial charge in [-0.05, 0) is 24.3 Å². The average molecular weight is 184 g/mol. The molecule has 1 aromatic rings. The number of rotatable bonds is 1. The Hall–Kier alpha value is -0.343. The van der Waals surface area contributed by atoms with Crippen LogP contribution in [0.2, 0.25) is 0 Å². The second kappa shape index (κ2) is 4.05. The molecule has 0 saturated carbocycles. The fourth-order valence-corrected chi connectivity index (χ4v) is 1.09. The van der Waals surface area contributed by atoms with Crippen molar-refractivity contribution in [2.45, 2.75) is 4.90 Å². The van der Waals surface area contributed by atoms with Crippen LogP contribution in [0.3, 0.4) is 0 Å². The van der Waals surface area contributed by atoms with Crippen molar-refractivity contribution in [2.75, 3.05) is 0 Å². The van der Waals surface area contributed by atoms with Crippen LogP contribution in [0.15, 0.2) is 29.2 Å². The molecule has 0 aliphatic heterocycles. The Morgan fingerprint density at radius 3 is 1.92 bits per heavy atom. The summed E-state index contributed by atoms with van der Waals surface area (Å²) in [6.45, 7) is 0. The molecule has 0 atom stereocenters. The summed E-state index contributed by atoms with van der Waals surface area (Å²) in [4.78, 5) is -0.307. The van der Waals surface area contributed by atoms with Gasteiger partial charge in [-0.1, -0.05) is 0 Å². The van der Waals surface area contributed by atoms with Crippen molar-refractivity contribution in [3.8, 4) is 0 Å². The van der Waals surface area contributed by atoms with Crippen LogP contribution in [-0.4, -0.2) is 31.8 Å². The number of hydrogen-bond donors (Lipinski definition) is 1. The molecule has 1 rings (SSSR count). The van der Waals surface area contributed by atoms with Crippen LogP contribution in [0.1, 0.15) is 0 Å². The van der Waals surface area contributed by atoms with Gasteiger partial charge >= 0.3 is 18.9 Å². The molecule has 6 heteroatoms. The van der Waals surface area contributed by atoms with Crippen molar-refractivity contribution < 1.29 is 17.4 Å². The Bertz CT molecular complexity index is 346. The van der Waals surface area contributed by atoms with E-state index in [0.717, 1.165) is 24.3 Å². The van der Waals surface area contributed by atoms with Gasteiger partial charge in [0.1, 0.15) is 5.82 Å². The molecule has 0 aliphatic carbocycles. The quantitative estimate of drug-likeness (QED) is 0.508. The Morgan fingerprint density at radius 1 is 1.17 bits per heavy atom. The molecule has 0 spiro atoms. The summed E-state index contributed by atoms with van der Waals surface area (Å²) in [7, 11) is -4.19. The first kappa shape index (κ1) is 11.7. The fourth-order valence-electron chi connectivity index (χ4n) is 0.607. The molecule has 3 nitrogen and oxygen atoms in total. The molecular formula is C6H6FLiO3S. The second-order valence-corrected chi connectivity index (χ2v) is 3.35. The number of benzene rings is 1. The van der Waals surface area contributed by atoms with Gasteiger partial charge in [0.2, 0.25) is 0 Å². The number of halogens is 1. The molecule has 0 unspecified atom stereocenters. The molecule has 0 aromatic heterocycles. The van der Waals surface area contributed by atoms with E-state index >= 15 is 0 Å². The Morgan fingerprint density at radius 2 is 1.58 bits per heavy atom. The predicted octanol–water partition coefficient (Wildman–Crippen LogP) is 0.424. The summed E-state index contributed by atoms with van der Waals surface area (Å²) < 4.78 is 41.4. The van der Waals surface area contributed by atoms with E-state index in [4.69, 9.17) is 4.55 Å². The van der Waals surface area contributed by atoms with Crippen molar-refractivity contribution in [2.24, 2.45) is 0 Å². The Labute approximate surface area is 81.5 Å². The molecule has 0 radical (unpaired) electrons. The zero-order valence-corrected chi connectivity index (χ0v) is 6.18. The first-order valence-electron chi connectivity index (χ1n) is 2.73. The van der Waals surface area contributed by atoms with Crippen molar-refractivity contribution >= 4 is 29.0 Å². The van der Waals surface area contributed by atoms with E-state index in [1.54, 1.807) is 0 Å². The first-order chi connectivity index (χ1) is 5.00. The molecule has 0 amide bonds. The summed E-state index contributed by atoms with van der Waals surface area (Å²) >= 11 is 0. The van der Waals surface area contributed by atoms with Gasteiger partial charge in [0, 0.05) is 0 Å². The Kier molecular flexibility index (Phi) is 3.94. The summed E-state index contributed by atoms with van der Waals surface area (Å²) in [5.74, 6) is -0.544. The zero-order valence-electron chi connectivity index (χ0n) is 5.36. The van der Waals surface area contributed by atoms with Crippen LogP contribution in [0, 0.1) is 5.82 Å². The SMILES string of the molecule is O=S(=O)(O)c1ccc(F)cc1.[LiH]. The predicted molar refractivity (Wildman–Crippen MR) is 43.4 cm³/mol. The molecule has 62 valence electrons. The zero-order chi connectivity index (χ0) is 8.48. The molecule has 0 aliphatic rings. The van der Waals surface area contributed by atoms with E-state index in [2.05, 4.69) is 0 Å². The van der Waals surface area contributed by atoms with Gasteiger partial charge in [-0.25, -0.2) is 4.39 Å². The topological polar surface area (TPSA) is 54.4 Å². The summed E-state index contributed by atoms with van der Waals surface area (Å²) in [5.41, 5.74) is 0. The molecule has 0 bridgehead atoms. The van der Waals surface area contributed by atoms with E-state index in [-0.39, 0.29) is 23.8 Å². The van der Waals surface area contributed by atoms with Crippen LogP contribution in [-0.2, 0) is 10.1 Å².